The first-order valence-corrected chi connectivity index (χ1v) is 23.8. The van der Waals surface area contributed by atoms with Crippen LogP contribution in [0.5, 0.6) is 0 Å². The first-order chi connectivity index (χ1) is 36.5. The number of rotatable bonds is 21. The molecule has 4 aliphatic rings. The van der Waals surface area contributed by atoms with Crippen molar-refractivity contribution < 1.29 is 153 Å². The van der Waals surface area contributed by atoms with Gasteiger partial charge in [0.1, 0.15) is 43.2 Å². The lowest BCUT2D eigenvalue weighted by Crippen LogP contribution is -2.65. The minimum atomic E-state index is -2.06. The summed E-state index contributed by atoms with van der Waals surface area (Å²) in [7, 11) is 0. The van der Waals surface area contributed by atoms with E-state index in [-0.39, 0.29) is 0 Å². The Hall–Kier alpha value is -6.23. The largest absolute Gasteiger partial charge is 0.463 e. The van der Waals surface area contributed by atoms with Crippen molar-refractivity contribution in [3.63, 3.8) is 0 Å². The number of esters is 11. The van der Waals surface area contributed by atoms with Gasteiger partial charge in [0, 0.05) is 76.2 Å². The minimum absolute atomic E-state index is 0.637. The summed E-state index contributed by atoms with van der Waals surface area (Å²) in [6.45, 7) is 7.42. The van der Waals surface area contributed by atoms with E-state index in [1.807, 2.05) is 0 Å². The molecule has 4 saturated heterocycles. The highest BCUT2D eigenvalue weighted by Crippen LogP contribution is 2.35. The SMILES string of the molecule is CC(=O)OC[C@H]1O[C@@H](OC[C@H]2O[C@@H](OC[C@H]3O[C@@H](OC[C@H]4OC(O)[C@H](OC(C)=O)[C@@H](OC(C)=O)[C@@H]4OC(C)=O)[C@H](OC(C)=O)[C@@H](O)[C@@H]3OC(C)=O)[C@H](OC(C)=O)[C@@H](OC(C)=O)[C@@H]2OC(C)=O)[C@H](OC(C)=O)[C@@H](O)[C@@H]1OC(C)=O. The van der Waals surface area contributed by atoms with E-state index in [1.165, 1.54) is 0 Å². The van der Waals surface area contributed by atoms with E-state index in [2.05, 4.69) is 0 Å². The molecule has 0 aromatic heterocycles. The van der Waals surface area contributed by atoms with Crippen LogP contribution in [-0.2, 0) is 138 Å². The van der Waals surface area contributed by atoms with Crippen molar-refractivity contribution in [3.05, 3.63) is 0 Å². The molecule has 4 rings (SSSR count). The Bertz CT molecular complexity index is 2160. The van der Waals surface area contributed by atoms with E-state index in [4.69, 9.17) is 85.3 Å². The lowest BCUT2D eigenvalue weighted by atomic mass is 9.96. The van der Waals surface area contributed by atoms with Gasteiger partial charge >= 0.3 is 65.7 Å². The molecular weight excluding hydrogens is 1060 g/mol. The second-order valence-corrected chi connectivity index (χ2v) is 17.7. The van der Waals surface area contributed by atoms with Crippen LogP contribution in [0.15, 0.2) is 0 Å². The molecule has 32 nitrogen and oxygen atoms in total. The Labute approximate surface area is 443 Å². The van der Waals surface area contributed by atoms with Gasteiger partial charge in [0.05, 0.1) is 19.8 Å². The Morgan fingerprint density at radius 1 is 0.282 bits per heavy atom. The van der Waals surface area contributed by atoms with Crippen LogP contribution in [0.4, 0.5) is 0 Å². The van der Waals surface area contributed by atoms with Gasteiger partial charge in [-0.3, -0.25) is 52.7 Å². The molecule has 0 spiro atoms. The van der Waals surface area contributed by atoms with E-state index in [1.54, 1.807) is 0 Å². The summed E-state index contributed by atoms with van der Waals surface area (Å²) in [6.07, 6.45) is -36.1. The normalized spacial score (nSPS) is 34.5. The minimum Gasteiger partial charge on any atom is -0.463 e. The number of carbonyl (C=O) groups excluding carboxylic acids is 11. The Morgan fingerprint density at radius 2 is 0.526 bits per heavy atom. The second kappa shape index (κ2) is 29.1. The van der Waals surface area contributed by atoms with E-state index >= 15 is 0 Å². The molecule has 0 bridgehead atoms. The maximum atomic E-state index is 12.7. The fraction of sp³-hybridized carbons (Fsp3) is 0.761. The Morgan fingerprint density at radius 3 is 0.872 bits per heavy atom. The molecule has 32 heteroatoms. The van der Waals surface area contributed by atoms with E-state index < -0.39 is 215 Å². The van der Waals surface area contributed by atoms with Gasteiger partial charge in [-0.2, -0.15) is 0 Å². The number of ether oxygens (including phenoxy) is 18. The van der Waals surface area contributed by atoms with Gasteiger partial charge in [0.15, 0.2) is 86.2 Å². The zero-order valence-electron chi connectivity index (χ0n) is 44.1. The molecular formula is C46H64O32. The average molecular weight is 1130 g/mol. The summed E-state index contributed by atoms with van der Waals surface area (Å²) >= 11 is 0. The number of hydrogen-bond donors (Lipinski definition) is 3. The highest BCUT2D eigenvalue weighted by atomic mass is 16.8. The third-order valence-corrected chi connectivity index (χ3v) is 11.2. The summed E-state index contributed by atoms with van der Waals surface area (Å²) in [5, 5.41) is 34.1. The van der Waals surface area contributed by atoms with Crippen molar-refractivity contribution in [1.82, 2.24) is 0 Å². The summed E-state index contributed by atoms with van der Waals surface area (Å²) < 4.78 is 101. The highest BCUT2D eigenvalue weighted by Gasteiger charge is 2.57. The number of aliphatic hydroxyl groups is 3. The molecule has 0 aromatic rings. The maximum Gasteiger partial charge on any atom is 0.303 e. The van der Waals surface area contributed by atoms with Crippen LogP contribution in [0, 0.1) is 0 Å². The van der Waals surface area contributed by atoms with Crippen molar-refractivity contribution in [2.24, 2.45) is 0 Å². The van der Waals surface area contributed by atoms with Crippen molar-refractivity contribution >= 4 is 65.7 Å². The topological polar surface area (TPSA) is 415 Å². The molecule has 3 N–H and O–H groups in total. The van der Waals surface area contributed by atoms with Crippen LogP contribution in [0.2, 0.25) is 0 Å². The monoisotopic (exact) mass is 1130 g/mol. The molecule has 1 unspecified atom stereocenters. The maximum absolute atomic E-state index is 12.7. The van der Waals surface area contributed by atoms with E-state index in [9.17, 15) is 68.1 Å². The van der Waals surface area contributed by atoms with Crippen molar-refractivity contribution in [1.29, 1.82) is 0 Å². The van der Waals surface area contributed by atoms with E-state index in [0.29, 0.717) is 0 Å². The smallest absolute Gasteiger partial charge is 0.303 e. The van der Waals surface area contributed by atoms with Crippen LogP contribution >= 0.6 is 0 Å². The summed E-state index contributed by atoms with van der Waals surface area (Å²) in [6, 6.07) is 0. The summed E-state index contributed by atoms with van der Waals surface area (Å²) in [5.41, 5.74) is 0. The van der Waals surface area contributed by atoms with Crippen LogP contribution in [-0.4, -0.2) is 230 Å². The third-order valence-electron chi connectivity index (χ3n) is 11.2. The Kier molecular flexibility index (Phi) is 24.0. The fourth-order valence-corrected chi connectivity index (χ4v) is 8.53. The molecule has 0 saturated carbocycles. The molecule has 0 radical (unpaired) electrons. The molecule has 0 amide bonds. The van der Waals surface area contributed by atoms with Crippen LogP contribution in [0.25, 0.3) is 0 Å². The molecule has 78 heavy (non-hydrogen) atoms. The van der Waals surface area contributed by atoms with Gasteiger partial charge in [0.25, 0.3) is 0 Å². The predicted molar refractivity (Wildman–Crippen MR) is 239 cm³/mol. The van der Waals surface area contributed by atoms with Gasteiger partial charge < -0.3 is 101 Å². The molecule has 4 fully saturated rings. The molecule has 4 aliphatic heterocycles. The van der Waals surface area contributed by atoms with Crippen molar-refractivity contribution in [2.45, 2.75) is 199 Å². The number of hydrogen-bond acceptors (Lipinski definition) is 32. The van der Waals surface area contributed by atoms with Crippen molar-refractivity contribution in [3.8, 4) is 0 Å². The zero-order chi connectivity index (χ0) is 58.5. The number of carbonyl (C=O) groups is 11. The Balaban J connectivity index is 1.74. The molecule has 4 heterocycles. The predicted octanol–water partition coefficient (Wildman–Crippen LogP) is -3.47. The second-order valence-electron chi connectivity index (χ2n) is 17.7. The molecule has 0 aromatic carbocycles. The van der Waals surface area contributed by atoms with Crippen LogP contribution < -0.4 is 0 Å². The van der Waals surface area contributed by atoms with E-state index in [0.717, 1.165) is 76.2 Å². The average Bonchev–Trinajstić information content (AvgIpc) is 3.30. The zero-order valence-corrected chi connectivity index (χ0v) is 44.1. The van der Waals surface area contributed by atoms with Crippen LogP contribution in [0.3, 0.4) is 0 Å². The summed E-state index contributed by atoms with van der Waals surface area (Å²) in [5.74, 6) is -10.8. The fourth-order valence-electron chi connectivity index (χ4n) is 8.53. The van der Waals surface area contributed by atoms with Gasteiger partial charge in [-0.05, 0) is 0 Å². The summed E-state index contributed by atoms with van der Waals surface area (Å²) in [4.78, 5) is 136. The molecule has 440 valence electrons. The first kappa shape index (κ1) is 64.3. The first-order valence-electron chi connectivity index (χ1n) is 23.8. The van der Waals surface area contributed by atoms with Gasteiger partial charge in [-0.15, -0.1) is 0 Å². The van der Waals surface area contributed by atoms with Gasteiger partial charge in [0.2, 0.25) is 0 Å². The number of aliphatic hydroxyl groups excluding tert-OH is 3. The standard InChI is InChI=1S/C46H64O32/c1-16(47)61-12-27-33(65-17(2)48)31(58)37(69-21(6)52)45(76-27)63-15-30-36(68-20(5)51)40(72-24(9)55)42(74-26(11)57)46(78-30)64-13-28-34(66-18(3)49)32(59)38(70-22(7)53)44(77-28)62-14-29-35(67-19(4)50)39(71-23(8)54)41(43(60)75-29)73-25(10)56/h27-46,58-60H,12-15H2,1-11H3/t27-,28-,29-,30-,31+,32+,33-,34-,35-,36-,37-,38-,39+,40+,41-,42-,43?,44-,45-,46-/m1/s1. The molecule has 20 atom stereocenters. The van der Waals surface area contributed by atoms with Crippen molar-refractivity contribution in [2.75, 3.05) is 26.4 Å². The van der Waals surface area contributed by atoms with Gasteiger partial charge in [-0.25, -0.2) is 0 Å². The quantitative estimate of drug-likeness (QED) is 0.0742. The lowest BCUT2D eigenvalue weighted by molar-refractivity contribution is -0.348. The lowest BCUT2D eigenvalue weighted by Gasteiger charge is -2.47. The highest BCUT2D eigenvalue weighted by molar-refractivity contribution is 5.70. The van der Waals surface area contributed by atoms with Crippen LogP contribution in [0.1, 0.15) is 76.2 Å². The third kappa shape index (κ3) is 18.4. The molecule has 0 aliphatic carbocycles. The van der Waals surface area contributed by atoms with Gasteiger partial charge in [-0.1, -0.05) is 0 Å².